The summed E-state index contributed by atoms with van der Waals surface area (Å²) in [6, 6.07) is 10.3. The predicted octanol–water partition coefficient (Wildman–Crippen LogP) is 2.84. The molecule has 0 aliphatic carbocycles. The number of anilines is 1. The second-order valence-corrected chi connectivity index (χ2v) is 8.71. The van der Waals surface area contributed by atoms with Gasteiger partial charge in [0.1, 0.15) is 10.6 Å². The van der Waals surface area contributed by atoms with Gasteiger partial charge in [-0.1, -0.05) is 25.1 Å². The van der Waals surface area contributed by atoms with E-state index in [1.54, 1.807) is 6.07 Å². The lowest BCUT2D eigenvalue weighted by atomic mass is 10.1. The van der Waals surface area contributed by atoms with Crippen LogP contribution in [0.5, 0.6) is 5.75 Å². The van der Waals surface area contributed by atoms with Gasteiger partial charge < -0.3 is 14.8 Å². The van der Waals surface area contributed by atoms with Crippen molar-refractivity contribution in [2.45, 2.75) is 25.2 Å². The average Bonchev–Trinajstić information content (AvgIpc) is 2.75. The Morgan fingerprint density at radius 2 is 1.93 bits per heavy atom. The van der Waals surface area contributed by atoms with Crippen LogP contribution in [0.4, 0.5) is 5.69 Å². The van der Waals surface area contributed by atoms with Gasteiger partial charge in [0.05, 0.1) is 20.3 Å². The van der Waals surface area contributed by atoms with E-state index in [1.807, 2.05) is 32.0 Å². The minimum atomic E-state index is -3.81. The molecule has 0 unspecified atom stereocenters. The highest BCUT2D eigenvalue weighted by Gasteiger charge is 2.30. The van der Waals surface area contributed by atoms with Crippen molar-refractivity contribution in [3.05, 3.63) is 53.1 Å². The molecule has 2 aromatic carbocycles. The summed E-state index contributed by atoms with van der Waals surface area (Å²) in [6.07, 6.45) is 0.774. The average molecular weight is 419 g/mol. The van der Waals surface area contributed by atoms with Crippen LogP contribution < -0.4 is 10.1 Å². The van der Waals surface area contributed by atoms with Crippen molar-refractivity contribution in [1.82, 2.24) is 4.31 Å². The Balaban J connectivity index is 1.95. The molecule has 0 aromatic heterocycles. The lowest BCUT2D eigenvalue weighted by Gasteiger charge is -2.26. The molecule has 8 heteroatoms. The van der Waals surface area contributed by atoms with Gasteiger partial charge in [-0.15, -0.1) is 0 Å². The van der Waals surface area contributed by atoms with Gasteiger partial charge >= 0.3 is 0 Å². The van der Waals surface area contributed by atoms with E-state index >= 15 is 0 Å². The number of hydrogen-bond donors (Lipinski definition) is 1. The molecule has 29 heavy (non-hydrogen) atoms. The Morgan fingerprint density at radius 3 is 2.59 bits per heavy atom. The first-order valence-corrected chi connectivity index (χ1v) is 11.0. The number of ether oxygens (including phenoxy) is 2. The molecule has 1 N–H and O–H groups in total. The van der Waals surface area contributed by atoms with Gasteiger partial charge in [0.2, 0.25) is 10.0 Å². The highest BCUT2D eigenvalue weighted by atomic mass is 32.2. The normalized spacial score (nSPS) is 15.1. The van der Waals surface area contributed by atoms with E-state index in [0.29, 0.717) is 13.2 Å². The maximum Gasteiger partial charge on any atom is 0.255 e. The number of para-hydroxylation sites is 1. The Morgan fingerprint density at radius 1 is 1.21 bits per heavy atom. The number of nitrogens with zero attached hydrogens (tertiary/aromatic N) is 1. The van der Waals surface area contributed by atoms with Gasteiger partial charge in [-0.05, 0) is 42.7 Å². The third-order valence-corrected chi connectivity index (χ3v) is 6.91. The molecule has 0 saturated carbocycles. The molecule has 156 valence electrons. The van der Waals surface area contributed by atoms with Gasteiger partial charge in [-0.3, -0.25) is 4.79 Å². The highest BCUT2D eigenvalue weighted by Crippen LogP contribution is 2.29. The maximum absolute atomic E-state index is 13.1. The van der Waals surface area contributed by atoms with Crippen molar-refractivity contribution >= 4 is 21.6 Å². The Hall–Kier alpha value is -2.42. The van der Waals surface area contributed by atoms with Gasteiger partial charge in [0.25, 0.3) is 5.91 Å². The van der Waals surface area contributed by atoms with Crippen LogP contribution >= 0.6 is 0 Å². The van der Waals surface area contributed by atoms with E-state index in [2.05, 4.69) is 5.32 Å². The monoisotopic (exact) mass is 418 g/mol. The van der Waals surface area contributed by atoms with Gasteiger partial charge in [0, 0.05) is 24.3 Å². The van der Waals surface area contributed by atoms with Gasteiger partial charge in [-0.25, -0.2) is 8.42 Å². The topological polar surface area (TPSA) is 84.9 Å². The third-order valence-electron chi connectivity index (χ3n) is 4.99. The van der Waals surface area contributed by atoms with Crippen LogP contribution in [0.2, 0.25) is 0 Å². The van der Waals surface area contributed by atoms with Crippen molar-refractivity contribution in [2.24, 2.45) is 0 Å². The first-order chi connectivity index (χ1) is 13.9. The fourth-order valence-corrected chi connectivity index (χ4v) is 4.92. The quantitative estimate of drug-likeness (QED) is 0.780. The lowest BCUT2D eigenvalue weighted by molar-refractivity contribution is 0.0729. The number of amides is 1. The first kappa shape index (κ1) is 21.3. The standard InChI is InChI=1S/C21H26N2O5S/c1-4-16-7-5-6-15(2)20(16)22-21(24)17-8-9-18(27-3)19(14-17)29(25,26)23-10-12-28-13-11-23/h5-9,14H,4,10-13H2,1-3H3,(H,22,24). The Kier molecular flexibility index (Phi) is 6.56. The zero-order valence-corrected chi connectivity index (χ0v) is 17.7. The molecule has 1 heterocycles. The largest absolute Gasteiger partial charge is 0.495 e. The molecule has 0 atom stereocenters. The van der Waals surface area contributed by atoms with Crippen LogP contribution in [0.3, 0.4) is 0 Å². The summed E-state index contributed by atoms with van der Waals surface area (Å²) in [4.78, 5) is 12.9. The van der Waals surface area contributed by atoms with E-state index in [1.165, 1.54) is 23.5 Å². The predicted molar refractivity (Wildman–Crippen MR) is 111 cm³/mol. The lowest BCUT2D eigenvalue weighted by Crippen LogP contribution is -2.40. The zero-order valence-electron chi connectivity index (χ0n) is 16.9. The van der Waals surface area contributed by atoms with Crippen LogP contribution in [0, 0.1) is 6.92 Å². The summed E-state index contributed by atoms with van der Waals surface area (Å²) in [6.45, 7) is 5.17. The summed E-state index contributed by atoms with van der Waals surface area (Å²) < 4.78 is 38.1. The van der Waals surface area contributed by atoms with E-state index in [9.17, 15) is 13.2 Å². The number of methoxy groups -OCH3 is 1. The number of aryl methyl sites for hydroxylation is 2. The smallest absolute Gasteiger partial charge is 0.255 e. The van der Waals surface area contributed by atoms with Gasteiger partial charge in [-0.2, -0.15) is 4.31 Å². The van der Waals surface area contributed by atoms with E-state index in [-0.39, 0.29) is 35.2 Å². The molecule has 3 rings (SSSR count). The van der Waals surface area contributed by atoms with Crippen molar-refractivity contribution in [3.63, 3.8) is 0 Å². The number of rotatable bonds is 6. The minimum Gasteiger partial charge on any atom is -0.495 e. The fourth-order valence-electron chi connectivity index (χ4n) is 3.33. The summed E-state index contributed by atoms with van der Waals surface area (Å²) in [7, 11) is -2.40. The number of hydrogen-bond acceptors (Lipinski definition) is 5. The number of benzene rings is 2. The Bertz CT molecular complexity index is 998. The van der Waals surface area contributed by atoms with Gasteiger partial charge in [0.15, 0.2) is 0 Å². The fraction of sp³-hybridized carbons (Fsp3) is 0.381. The molecule has 1 fully saturated rings. The van der Waals surface area contributed by atoms with Crippen LogP contribution in [0.15, 0.2) is 41.3 Å². The molecule has 0 radical (unpaired) electrons. The van der Waals surface area contributed by atoms with E-state index < -0.39 is 10.0 Å². The van der Waals surface area contributed by atoms with Crippen molar-refractivity contribution in [1.29, 1.82) is 0 Å². The van der Waals surface area contributed by atoms with E-state index in [4.69, 9.17) is 9.47 Å². The molecular formula is C21H26N2O5S. The minimum absolute atomic E-state index is 0.0185. The van der Waals surface area contributed by atoms with Crippen LogP contribution in [-0.2, 0) is 21.2 Å². The summed E-state index contributed by atoms with van der Waals surface area (Å²) in [5.41, 5.74) is 2.98. The molecule has 7 nitrogen and oxygen atoms in total. The maximum atomic E-state index is 13.1. The van der Waals surface area contributed by atoms with Crippen LogP contribution in [0.1, 0.15) is 28.4 Å². The molecule has 1 saturated heterocycles. The summed E-state index contributed by atoms with van der Waals surface area (Å²) in [5, 5.41) is 2.93. The number of carbonyl (C=O) groups is 1. The van der Waals surface area contributed by atoms with Crippen LogP contribution in [0.25, 0.3) is 0 Å². The van der Waals surface area contributed by atoms with Crippen molar-refractivity contribution < 1.29 is 22.7 Å². The number of carbonyl (C=O) groups excluding carboxylic acids is 1. The molecule has 1 aliphatic rings. The number of sulfonamides is 1. The van der Waals surface area contributed by atoms with E-state index in [0.717, 1.165) is 23.2 Å². The molecular weight excluding hydrogens is 392 g/mol. The number of nitrogens with one attached hydrogen (secondary N) is 1. The van der Waals surface area contributed by atoms with Crippen LogP contribution in [-0.4, -0.2) is 52.0 Å². The van der Waals surface area contributed by atoms with Crippen molar-refractivity contribution in [3.8, 4) is 5.75 Å². The molecule has 0 bridgehead atoms. The first-order valence-electron chi connectivity index (χ1n) is 9.54. The SMILES string of the molecule is CCc1cccc(C)c1NC(=O)c1ccc(OC)c(S(=O)(=O)N2CCOCC2)c1. The second kappa shape index (κ2) is 8.94. The summed E-state index contributed by atoms with van der Waals surface area (Å²) in [5.74, 6) is -0.159. The molecule has 2 aromatic rings. The molecule has 1 amide bonds. The Labute approximate surface area is 171 Å². The highest BCUT2D eigenvalue weighted by molar-refractivity contribution is 7.89. The zero-order chi connectivity index (χ0) is 21.0. The summed E-state index contributed by atoms with van der Waals surface area (Å²) >= 11 is 0. The second-order valence-electron chi connectivity index (χ2n) is 6.80. The number of morpholine rings is 1. The molecule has 1 aliphatic heterocycles. The third kappa shape index (κ3) is 4.44. The van der Waals surface area contributed by atoms with Crippen molar-refractivity contribution in [2.75, 3.05) is 38.7 Å². The molecule has 0 spiro atoms.